The maximum absolute atomic E-state index is 11.4. The van der Waals surface area contributed by atoms with Crippen LogP contribution in [0.5, 0.6) is 0 Å². The van der Waals surface area contributed by atoms with Gasteiger partial charge in [-0.05, 0) is 24.3 Å². The summed E-state index contributed by atoms with van der Waals surface area (Å²) < 4.78 is 0.905. The maximum atomic E-state index is 11.4. The van der Waals surface area contributed by atoms with Crippen LogP contribution < -0.4 is 0 Å². The van der Waals surface area contributed by atoms with Gasteiger partial charge in [0.25, 0.3) is 5.78 Å². The van der Waals surface area contributed by atoms with Crippen LogP contribution in [0.2, 0.25) is 0 Å². The summed E-state index contributed by atoms with van der Waals surface area (Å²) in [6.07, 6.45) is 0. The first kappa shape index (κ1) is 9.84. The fourth-order valence-electron chi connectivity index (χ4n) is 0.856. The molecule has 0 heterocycles. The SMILES string of the molecule is CC(=[N+]=[N-])C(=O)c1ccc(Br)cc1. The van der Waals surface area contributed by atoms with Crippen LogP contribution in [-0.4, -0.2) is 16.3 Å². The van der Waals surface area contributed by atoms with Gasteiger partial charge in [-0.25, -0.2) is 0 Å². The predicted molar refractivity (Wildman–Crippen MR) is 52.8 cm³/mol. The van der Waals surface area contributed by atoms with Crippen molar-refractivity contribution < 1.29 is 9.58 Å². The average molecular weight is 239 g/mol. The van der Waals surface area contributed by atoms with Gasteiger partial charge in [0.1, 0.15) is 0 Å². The van der Waals surface area contributed by atoms with Gasteiger partial charge in [0.15, 0.2) is 0 Å². The number of Topliss-reactive ketones (excluding diaryl/α,β-unsaturated/α-hetero) is 1. The highest BCUT2D eigenvalue weighted by molar-refractivity contribution is 9.10. The summed E-state index contributed by atoms with van der Waals surface area (Å²) in [6, 6.07) is 6.86. The maximum Gasteiger partial charge on any atom is 0.336 e. The summed E-state index contributed by atoms with van der Waals surface area (Å²) in [6.45, 7) is 1.46. The zero-order chi connectivity index (χ0) is 9.84. The summed E-state index contributed by atoms with van der Waals surface area (Å²) in [5.41, 5.74) is 8.98. The van der Waals surface area contributed by atoms with E-state index in [1.807, 2.05) is 0 Å². The molecule has 0 aromatic heterocycles. The van der Waals surface area contributed by atoms with Gasteiger partial charge in [-0.2, -0.15) is 4.79 Å². The van der Waals surface area contributed by atoms with Crippen LogP contribution in [0.3, 0.4) is 0 Å². The molecule has 0 N–H and O–H groups in total. The lowest BCUT2D eigenvalue weighted by Gasteiger charge is -1.93. The molecule has 0 saturated heterocycles. The minimum absolute atomic E-state index is 0.0855. The number of hydrogen-bond acceptors (Lipinski definition) is 1. The van der Waals surface area contributed by atoms with Crippen molar-refractivity contribution >= 4 is 27.4 Å². The van der Waals surface area contributed by atoms with E-state index in [4.69, 9.17) is 5.53 Å². The third kappa shape index (κ3) is 2.34. The van der Waals surface area contributed by atoms with E-state index < -0.39 is 0 Å². The molecule has 0 aliphatic heterocycles. The number of nitrogens with zero attached hydrogens (tertiary/aromatic N) is 2. The van der Waals surface area contributed by atoms with E-state index in [0.29, 0.717) is 5.56 Å². The lowest BCUT2D eigenvalue weighted by Crippen LogP contribution is -2.10. The molecule has 0 spiro atoms. The van der Waals surface area contributed by atoms with Gasteiger partial charge in [0.05, 0.1) is 0 Å². The largest absolute Gasteiger partial charge is 0.361 e. The zero-order valence-electron chi connectivity index (χ0n) is 6.99. The molecule has 0 unspecified atom stereocenters. The molecule has 0 saturated carbocycles. The highest BCUT2D eigenvalue weighted by Gasteiger charge is 2.15. The molecule has 0 amide bonds. The van der Waals surface area contributed by atoms with Crippen LogP contribution in [0.25, 0.3) is 5.53 Å². The molecule has 13 heavy (non-hydrogen) atoms. The van der Waals surface area contributed by atoms with Crippen LogP contribution in [0, 0.1) is 0 Å². The van der Waals surface area contributed by atoms with Gasteiger partial charge in [-0.15, -0.1) is 0 Å². The van der Waals surface area contributed by atoms with Crippen molar-refractivity contribution in [1.82, 2.24) is 0 Å². The molecule has 3 nitrogen and oxygen atoms in total. The van der Waals surface area contributed by atoms with E-state index in [1.165, 1.54) is 6.92 Å². The topological polar surface area (TPSA) is 53.5 Å². The number of benzene rings is 1. The highest BCUT2D eigenvalue weighted by atomic mass is 79.9. The quantitative estimate of drug-likeness (QED) is 0.338. The molecule has 0 atom stereocenters. The number of carbonyl (C=O) groups is 1. The summed E-state index contributed by atoms with van der Waals surface area (Å²) >= 11 is 3.26. The third-order valence-electron chi connectivity index (χ3n) is 1.59. The van der Waals surface area contributed by atoms with E-state index in [0.717, 1.165) is 4.47 Å². The Balaban J connectivity index is 3.03. The van der Waals surface area contributed by atoms with Crippen molar-refractivity contribution in [3.8, 4) is 0 Å². The normalized spacial score (nSPS) is 9.08. The monoisotopic (exact) mass is 238 g/mol. The number of carbonyl (C=O) groups excluding carboxylic acids is 1. The summed E-state index contributed by atoms with van der Waals surface area (Å²) in [4.78, 5) is 14.2. The molecular weight excluding hydrogens is 232 g/mol. The van der Waals surface area contributed by atoms with E-state index in [9.17, 15) is 4.79 Å². The lowest BCUT2D eigenvalue weighted by molar-refractivity contribution is -0.00678. The van der Waals surface area contributed by atoms with Crippen molar-refractivity contribution in [2.24, 2.45) is 0 Å². The van der Waals surface area contributed by atoms with Crippen LogP contribution >= 0.6 is 15.9 Å². The minimum atomic E-state index is -0.269. The third-order valence-corrected chi connectivity index (χ3v) is 2.11. The molecule has 1 rings (SSSR count). The van der Waals surface area contributed by atoms with Crippen LogP contribution in [-0.2, 0) is 0 Å². The Kier molecular flexibility index (Phi) is 3.12. The van der Waals surface area contributed by atoms with Gasteiger partial charge < -0.3 is 5.53 Å². The molecular formula is C9H7BrN2O. The van der Waals surface area contributed by atoms with Gasteiger partial charge in [-0.1, -0.05) is 15.9 Å². The Morgan fingerprint density at radius 3 is 2.38 bits per heavy atom. The summed E-state index contributed by atoms with van der Waals surface area (Å²) in [5.74, 6) is -0.269. The average Bonchev–Trinajstić information content (AvgIpc) is 2.17. The van der Waals surface area contributed by atoms with Crippen molar-refractivity contribution in [3.63, 3.8) is 0 Å². The highest BCUT2D eigenvalue weighted by Crippen LogP contribution is 2.10. The molecule has 1 aromatic rings. The second kappa shape index (κ2) is 4.12. The molecule has 0 aliphatic rings. The standard InChI is InChI=1S/C9H7BrN2O/c1-6(12-11)9(13)7-2-4-8(10)5-3-7/h2-5H,1H3. The molecule has 0 fully saturated rings. The fraction of sp³-hybridized carbons (Fsp3) is 0.111. The number of hydrogen-bond donors (Lipinski definition) is 0. The fourth-order valence-corrected chi connectivity index (χ4v) is 1.12. The lowest BCUT2D eigenvalue weighted by atomic mass is 10.1. The predicted octanol–water partition coefficient (Wildman–Crippen LogP) is 2.32. The van der Waals surface area contributed by atoms with E-state index in [1.54, 1.807) is 24.3 Å². The second-order valence-electron chi connectivity index (χ2n) is 2.52. The number of halogens is 1. The first-order valence-corrected chi connectivity index (χ1v) is 4.43. The number of ketones is 1. The molecule has 66 valence electrons. The minimum Gasteiger partial charge on any atom is -0.361 e. The Morgan fingerprint density at radius 2 is 1.92 bits per heavy atom. The summed E-state index contributed by atoms with van der Waals surface area (Å²) in [5, 5.41) is 0. The Bertz CT molecular complexity index is 377. The van der Waals surface area contributed by atoms with Crippen molar-refractivity contribution in [3.05, 3.63) is 39.8 Å². The Labute approximate surface area is 84.1 Å². The molecule has 0 aliphatic carbocycles. The molecule has 1 aromatic carbocycles. The van der Waals surface area contributed by atoms with Crippen LogP contribution in [0.1, 0.15) is 17.3 Å². The van der Waals surface area contributed by atoms with E-state index in [-0.39, 0.29) is 11.5 Å². The van der Waals surface area contributed by atoms with Gasteiger partial charge in [-0.3, -0.25) is 4.79 Å². The number of rotatable bonds is 2. The van der Waals surface area contributed by atoms with Crippen molar-refractivity contribution in [1.29, 1.82) is 0 Å². The summed E-state index contributed by atoms with van der Waals surface area (Å²) in [7, 11) is 0. The molecule has 4 heteroatoms. The Hall–Kier alpha value is -1.25. The van der Waals surface area contributed by atoms with Crippen molar-refractivity contribution in [2.45, 2.75) is 6.92 Å². The molecule has 0 bridgehead atoms. The first-order chi connectivity index (χ1) is 6.15. The van der Waals surface area contributed by atoms with Gasteiger partial charge >= 0.3 is 5.71 Å². The second-order valence-corrected chi connectivity index (χ2v) is 3.44. The Morgan fingerprint density at radius 1 is 1.38 bits per heavy atom. The van der Waals surface area contributed by atoms with E-state index >= 15 is 0 Å². The van der Waals surface area contributed by atoms with Crippen LogP contribution in [0.15, 0.2) is 28.7 Å². The van der Waals surface area contributed by atoms with E-state index in [2.05, 4.69) is 20.7 Å². The van der Waals surface area contributed by atoms with Crippen LogP contribution in [0.4, 0.5) is 0 Å². The first-order valence-electron chi connectivity index (χ1n) is 3.64. The smallest absolute Gasteiger partial charge is 0.336 e. The molecule has 0 radical (unpaired) electrons. The van der Waals surface area contributed by atoms with Gasteiger partial charge in [0.2, 0.25) is 0 Å². The zero-order valence-corrected chi connectivity index (χ0v) is 8.58. The van der Waals surface area contributed by atoms with Crippen molar-refractivity contribution in [2.75, 3.05) is 0 Å². The van der Waals surface area contributed by atoms with Gasteiger partial charge in [0, 0.05) is 17.0 Å².